The smallest absolute Gasteiger partial charge is 0.218 e. The molecule has 112 valence electrons. The van der Waals surface area contributed by atoms with E-state index in [0.717, 1.165) is 17.1 Å². The van der Waals surface area contributed by atoms with E-state index < -0.39 is 0 Å². The SMILES string of the molecule is N#CSc1nc2ccc(Cl)cc2c2nc(-c3ccc(Br)o3)nn12. The molecule has 0 saturated heterocycles. The molecule has 23 heavy (non-hydrogen) atoms. The van der Waals surface area contributed by atoms with Gasteiger partial charge in [0, 0.05) is 22.2 Å². The fourth-order valence-electron chi connectivity index (χ4n) is 2.20. The molecule has 0 unspecified atom stereocenters. The largest absolute Gasteiger partial charge is 0.446 e. The van der Waals surface area contributed by atoms with Crippen molar-refractivity contribution in [1.82, 2.24) is 19.6 Å². The summed E-state index contributed by atoms with van der Waals surface area (Å²) in [6.07, 6.45) is 0. The van der Waals surface area contributed by atoms with E-state index in [0.29, 0.717) is 37.6 Å². The van der Waals surface area contributed by atoms with Crippen molar-refractivity contribution < 1.29 is 4.42 Å². The number of nitrogens with zero attached hydrogens (tertiary/aromatic N) is 5. The van der Waals surface area contributed by atoms with E-state index in [4.69, 9.17) is 21.3 Å². The van der Waals surface area contributed by atoms with Crippen LogP contribution in [0, 0.1) is 10.7 Å². The minimum Gasteiger partial charge on any atom is -0.446 e. The van der Waals surface area contributed by atoms with Crippen molar-refractivity contribution in [3.63, 3.8) is 0 Å². The second-order valence-corrected chi connectivity index (χ2v) is 6.49. The van der Waals surface area contributed by atoms with Gasteiger partial charge in [0.25, 0.3) is 0 Å². The highest BCUT2D eigenvalue weighted by atomic mass is 79.9. The third kappa shape index (κ3) is 2.47. The lowest BCUT2D eigenvalue weighted by molar-refractivity contribution is 0.551. The Kier molecular flexibility index (Phi) is 3.49. The number of halogens is 2. The van der Waals surface area contributed by atoms with E-state index in [1.165, 1.54) is 4.52 Å². The van der Waals surface area contributed by atoms with Crippen LogP contribution in [0.3, 0.4) is 0 Å². The Morgan fingerprint density at radius 3 is 2.87 bits per heavy atom. The molecule has 3 aromatic heterocycles. The lowest BCUT2D eigenvalue weighted by Crippen LogP contribution is -1.97. The van der Waals surface area contributed by atoms with E-state index in [2.05, 4.69) is 31.0 Å². The highest BCUT2D eigenvalue weighted by Crippen LogP contribution is 2.29. The molecule has 4 aromatic rings. The summed E-state index contributed by atoms with van der Waals surface area (Å²) in [6, 6.07) is 8.83. The summed E-state index contributed by atoms with van der Waals surface area (Å²) in [5, 5.41) is 17.2. The molecule has 3 heterocycles. The minimum absolute atomic E-state index is 0.407. The molecule has 0 fully saturated rings. The molecule has 0 saturated carbocycles. The molecule has 0 atom stereocenters. The standard InChI is InChI=1S/C14H5BrClN5OS/c15-11-4-3-10(22-11)12-19-13-8-5-7(16)1-2-9(8)18-14(23-6-17)21(13)20-12/h1-5H. The Bertz CT molecular complexity index is 1100. The Hall–Kier alpha value is -2.08. The van der Waals surface area contributed by atoms with Crippen LogP contribution in [0.2, 0.25) is 5.02 Å². The van der Waals surface area contributed by atoms with Crippen molar-refractivity contribution in [1.29, 1.82) is 5.26 Å². The quantitative estimate of drug-likeness (QED) is 0.276. The van der Waals surface area contributed by atoms with Gasteiger partial charge in [0.05, 0.1) is 5.52 Å². The number of thioether (sulfide) groups is 1. The summed E-state index contributed by atoms with van der Waals surface area (Å²) in [4.78, 5) is 8.97. The average Bonchev–Trinajstić information content (AvgIpc) is 3.14. The maximum absolute atomic E-state index is 8.99. The van der Waals surface area contributed by atoms with Crippen molar-refractivity contribution in [3.8, 4) is 17.0 Å². The number of rotatable bonds is 2. The number of aromatic nitrogens is 4. The lowest BCUT2D eigenvalue weighted by Gasteiger charge is -2.02. The van der Waals surface area contributed by atoms with Crippen LogP contribution in [-0.4, -0.2) is 19.6 Å². The number of hydrogen-bond acceptors (Lipinski definition) is 6. The Morgan fingerprint density at radius 2 is 2.13 bits per heavy atom. The Labute approximate surface area is 147 Å². The number of furan rings is 1. The maximum Gasteiger partial charge on any atom is 0.218 e. The summed E-state index contributed by atoms with van der Waals surface area (Å²) in [6.45, 7) is 0. The number of thiocyanates is 1. The molecule has 1 aromatic carbocycles. The van der Waals surface area contributed by atoms with E-state index in [9.17, 15) is 0 Å². The van der Waals surface area contributed by atoms with Gasteiger partial charge in [-0.2, -0.15) is 9.78 Å². The van der Waals surface area contributed by atoms with Crippen LogP contribution < -0.4 is 0 Å². The van der Waals surface area contributed by atoms with Gasteiger partial charge < -0.3 is 4.42 Å². The molecule has 0 N–H and O–H groups in total. The van der Waals surface area contributed by atoms with Gasteiger partial charge in [0.2, 0.25) is 11.0 Å². The molecule has 4 rings (SSSR count). The van der Waals surface area contributed by atoms with Crippen LogP contribution in [0.25, 0.3) is 28.1 Å². The van der Waals surface area contributed by atoms with Crippen LogP contribution in [0.1, 0.15) is 0 Å². The van der Waals surface area contributed by atoms with Gasteiger partial charge in [-0.05, 0) is 46.3 Å². The third-order valence-corrected chi connectivity index (χ3v) is 4.33. The second kappa shape index (κ2) is 5.53. The van der Waals surface area contributed by atoms with Crippen LogP contribution in [0.5, 0.6) is 0 Å². The van der Waals surface area contributed by atoms with E-state index >= 15 is 0 Å². The Morgan fingerprint density at radius 1 is 1.26 bits per heavy atom. The van der Waals surface area contributed by atoms with Crippen molar-refractivity contribution in [2.75, 3.05) is 0 Å². The molecule has 0 aliphatic heterocycles. The first kappa shape index (κ1) is 14.5. The minimum atomic E-state index is 0.407. The molecule has 0 spiro atoms. The average molecular weight is 407 g/mol. The number of benzene rings is 1. The molecule has 0 aliphatic rings. The monoisotopic (exact) mass is 405 g/mol. The van der Waals surface area contributed by atoms with E-state index in [-0.39, 0.29) is 0 Å². The van der Waals surface area contributed by atoms with Gasteiger partial charge in [-0.1, -0.05) is 11.6 Å². The van der Waals surface area contributed by atoms with Crippen LogP contribution in [0.4, 0.5) is 0 Å². The maximum atomic E-state index is 8.99. The molecular formula is C14H5BrClN5OS. The van der Waals surface area contributed by atoms with Gasteiger partial charge >= 0.3 is 0 Å². The Balaban J connectivity index is 2.07. The first-order valence-electron chi connectivity index (χ1n) is 6.33. The summed E-state index contributed by atoms with van der Waals surface area (Å²) in [5.74, 6) is 0.924. The summed E-state index contributed by atoms with van der Waals surface area (Å²) in [7, 11) is 0. The molecule has 6 nitrogen and oxygen atoms in total. The predicted molar refractivity (Wildman–Crippen MR) is 90.2 cm³/mol. The van der Waals surface area contributed by atoms with Crippen LogP contribution in [-0.2, 0) is 0 Å². The van der Waals surface area contributed by atoms with Gasteiger partial charge in [0.15, 0.2) is 16.1 Å². The zero-order chi connectivity index (χ0) is 16.0. The van der Waals surface area contributed by atoms with E-state index in [1.54, 1.807) is 30.3 Å². The van der Waals surface area contributed by atoms with Gasteiger partial charge in [0.1, 0.15) is 5.40 Å². The summed E-state index contributed by atoms with van der Waals surface area (Å²) >= 11 is 10.3. The van der Waals surface area contributed by atoms with E-state index in [1.807, 2.05) is 5.40 Å². The van der Waals surface area contributed by atoms with Gasteiger partial charge in [-0.25, -0.2) is 9.97 Å². The highest BCUT2D eigenvalue weighted by Gasteiger charge is 2.17. The highest BCUT2D eigenvalue weighted by molar-refractivity contribution is 9.10. The first-order valence-corrected chi connectivity index (χ1v) is 8.32. The fraction of sp³-hybridized carbons (Fsp3) is 0. The first-order chi connectivity index (χ1) is 11.2. The summed E-state index contributed by atoms with van der Waals surface area (Å²) in [5.41, 5.74) is 1.26. The number of nitriles is 1. The van der Waals surface area contributed by atoms with Crippen LogP contribution in [0.15, 0.2) is 44.6 Å². The normalized spacial score (nSPS) is 11.2. The molecule has 0 amide bonds. The number of hydrogen-bond donors (Lipinski definition) is 0. The van der Waals surface area contributed by atoms with Crippen molar-refractivity contribution in [2.45, 2.75) is 5.16 Å². The fourth-order valence-corrected chi connectivity index (χ4v) is 3.12. The van der Waals surface area contributed by atoms with Crippen molar-refractivity contribution in [3.05, 3.63) is 40.0 Å². The molecule has 0 aliphatic carbocycles. The topological polar surface area (TPSA) is 80.0 Å². The zero-order valence-electron chi connectivity index (χ0n) is 11.2. The summed E-state index contributed by atoms with van der Waals surface area (Å²) < 4.78 is 7.61. The third-order valence-electron chi connectivity index (χ3n) is 3.13. The predicted octanol–water partition coefficient (Wildman–Crippen LogP) is 4.53. The number of fused-ring (bicyclic) bond motifs is 3. The second-order valence-electron chi connectivity index (χ2n) is 4.52. The molecule has 9 heteroatoms. The lowest BCUT2D eigenvalue weighted by atomic mass is 10.2. The molecule has 0 radical (unpaired) electrons. The zero-order valence-corrected chi connectivity index (χ0v) is 14.4. The molecule has 0 bridgehead atoms. The van der Waals surface area contributed by atoms with Crippen LogP contribution >= 0.6 is 39.3 Å². The molecular weight excluding hydrogens is 402 g/mol. The van der Waals surface area contributed by atoms with Gasteiger partial charge in [-0.3, -0.25) is 0 Å². The van der Waals surface area contributed by atoms with Gasteiger partial charge in [-0.15, -0.1) is 5.10 Å². The van der Waals surface area contributed by atoms with Crippen molar-refractivity contribution >= 4 is 55.8 Å². The van der Waals surface area contributed by atoms with Crippen molar-refractivity contribution in [2.24, 2.45) is 0 Å².